The SMILES string of the molecule is C=C(C)N(C)C(=O)c1c(CCCC)nc(NC2CCCCC2)n1Cc1ccc(OF)c(Br)c1.CC.CCCO. The fourth-order valence-electron chi connectivity index (χ4n) is 4.17. The van der Waals surface area contributed by atoms with E-state index >= 15 is 0 Å². The maximum absolute atomic E-state index is 13.6. The molecule has 0 spiro atoms. The lowest BCUT2D eigenvalue weighted by Gasteiger charge is -2.24. The zero-order chi connectivity index (χ0) is 29.4. The molecule has 9 heteroatoms. The van der Waals surface area contributed by atoms with Gasteiger partial charge in [0, 0.05) is 29.9 Å². The van der Waals surface area contributed by atoms with Crippen molar-refractivity contribution in [3.63, 3.8) is 0 Å². The number of carbonyl (C=O) groups excluding carboxylic acids is 1. The van der Waals surface area contributed by atoms with Crippen molar-refractivity contribution < 1.29 is 19.4 Å². The summed E-state index contributed by atoms with van der Waals surface area (Å²) in [6.07, 6.45) is 9.42. The summed E-state index contributed by atoms with van der Waals surface area (Å²) < 4.78 is 15.2. The summed E-state index contributed by atoms with van der Waals surface area (Å²) in [6, 6.07) is 5.52. The van der Waals surface area contributed by atoms with Gasteiger partial charge in [-0.1, -0.05) is 66.0 Å². The van der Waals surface area contributed by atoms with Crippen LogP contribution in [0.15, 0.2) is 34.9 Å². The van der Waals surface area contributed by atoms with Crippen LogP contribution in [0.2, 0.25) is 0 Å². The van der Waals surface area contributed by atoms with Gasteiger partial charge in [0.15, 0.2) is 5.75 Å². The van der Waals surface area contributed by atoms with Crippen molar-refractivity contribution in [1.29, 1.82) is 0 Å². The van der Waals surface area contributed by atoms with Crippen LogP contribution in [0.5, 0.6) is 5.75 Å². The molecule has 1 aromatic heterocycles. The van der Waals surface area contributed by atoms with Gasteiger partial charge in [0.25, 0.3) is 5.91 Å². The number of aliphatic hydroxyl groups excluding tert-OH is 1. The molecule has 0 bridgehead atoms. The van der Waals surface area contributed by atoms with E-state index in [1.54, 1.807) is 24.1 Å². The topological polar surface area (TPSA) is 79.6 Å². The number of aliphatic hydroxyl groups is 1. The van der Waals surface area contributed by atoms with E-state index < -0.39 is 0 Å². The summed E-state index contributed by atoms with van der Waals surface area (Å²) in [4.78, 5) is 24.0. The van der Waals surface area contributed by atoms with Crippen LogP contribution in [0.4, 0.5) is 10.5 Å². The highest BCUT2D eigenvalue weighted by molar-refractivity contribution is 9.10. The molecule has 0 atom stereocenters. The number of aromatic nitrogens is 2. The lowest BCUT2D eigenvalue weighted by atomic mass is 9.96. The van der Waals surface area contributed by atoms with Gasteiger partial charge in [0.2, 0.25) is 5.95 Å². The molecule has 1 fully saturated rings. The number of imidazole rings is 1. The van der Waals surface area contributed by atoms with E-state index in [9.17, 15) is 9.32 Å². The minimum atomic E-state index is -0.124. The molecule has 1 heterocycles. The molecule has 1 aliphatic rings. The van der Waals surface area contributed by atoms with Crippen molar-refractivity contribution in [2.24, 2.45) is 0 Å². The van der Waals surface area contributed by atoms with Gasteiger partial charge in [0.1, 0.15) is 5.69 Å². The van der Waals surface area contributed by atoms with Gasteiger partial charge in [-0.3, -0.25) is 9.74 Å². The van der Waals surface area contributed by atoms with Gasteiger partial charge in [-0.05, 0) is 72.7 Å². The van der Waals surface area contributed by atoms with Crippen LogP contribution in [0.25, 0.3) is 0 Å². The summed E-state index contributed by atoms with van der Waals surface area (Å²) >= 11 is 3.36. The molecule has 0 saturated heterocycles. The summed E-state index contributed by atoms with van der Waals surface area (Å²) in [5.41, 5.74) is 2.95. The number of anilines is 1. The van der Waals surface area contributed by atoms with Crippen molar-refractivity contribution in [3.05, 3.63) is 51.9 Å². The molecule has 0 unspecified atom stereocenters. The number of halogens is 2. The number of unbranched alkanes of at least 4 members (excludes halogenated alkanes) is 1. The molecule has 2 aromatic rings. The van der Waals surface area contributed by atoms with Gasteiger partial charge >= 0.3 is 0 Å². The number of rotatable bonds is 11. The fourth-order valence-corrected chi connectivity index (χ4v) is 4.66. The molecule has 1 aliphatic carbocycles. The standard InChI is InChI=1S/C25H34BrFN4O2.C3H8O.C2H6/c1-5-6-12-21-23(24(32)30(4)17(2)3)31(16-18-13-14-22(33-27)20(26)15-18)25(29-21)28-19-10-8-7-9-11-19;1-2-3-4;1-2/h13-15,19H,2,5-12,16H2,1,3-4H3,(H,28,29);4H,2-3H2,1H3;1-2H3. The normalized spacial score (nSPS) is 12.9. The number of amides is 1. The quantitative estimate of drug-likeness (QED) is 0.269. The Labute approximate surface area is 242 Å². The average Bonchev–Trinajstić information content (AvgIpc) is 3.28. The van der Waals surface area contributed by atoms with E-state index in [4.69, 9.17) is 10.1 Å². The third-order valence-corrected chi connectivity index (χ3v) is 7.09. The number of aryl methyl sites for hydroxylation is 1. The Morgan fingerprint density at radius 2 is 1.90 bits per heavy atom. The summed E-state index contributed by atoms with van der Waals surface area (Å²) in [5.74, 6) is 0.709. The molecule has 2 N–H and O–H groups in total. The summed E-state index contributed by atoms with van der Waals surface area (Å²) in [7, 11) is 1.74. The van der Waals surface area contributed by atoms with Gasteiger partial charge in [0.05, 0.1) is 16.7 Å². The van der Waals surface area contributed by atoms with E-state index in [-0.39, 0.29) is 11.7 Å². The van der Waals surface area contributed by atoms with Crippen molar-refractivity contribution in [2.75, 3.05) is 19.0 Å². The van der Waals surface area contributed by atoms with Gasteiger partial charge < -0.3 is 19.9 Å². The Kier molecular flexibility index (Phi) is 16.7. The molecular weight excluding hydrogens is 563 g/mol. The molecule has 39 heavy (non-hydrogen) atoms. The van der Waals surface area contributed by atoms with E-state index in [1.807, 2.05) is 38.3 Å². The third-order valence-electron chi connectivity index (χ3n) is 6.47. The van der Waals surface area contributed by atoms with Crippen molar-refractivity contribution in [2.45, 2.75) is 105 Å². The molecule has 3 rings (SSSR count). The lowest BCUT2D eigenvalue weighted by Crippen LogP contribution is -2.29. The Morgan fingerprint density at radius 1 is 1.26 bits per heavy atom. The minimum absolute atomic E-state index is 0.117. The van der Waals surface area contributed by atoms with Crippen LogP contribution in [-0.4, -0.2) is 45.2 Å². The monoisotopic (exact) mass is 610 g/mol. The Balaban J connectivity index is 0.00000116. The van der Waals surface area contributed by atoms with Crippen LogP contribution in [-0.2, 0) is 13.0 Å². The largest absolute Gasteiger partial charge is 0.396 e. The fraction of sp³-hybridized carbons (Fsp3) is 0.600. The van der Waals surface area contributed by atoms with Gasteiger partial charge in [-0.15, -0.1) is 0 Å². The first-order valence-corrected chi connectivity index (χ1v) is 15.0. The number of nitrogens with zero attached hydrogens (tertiary/aromatic N) is 3. The Bertz CT molecular complexity index is 1020. The number of nitrogens with one attached hydrogen (secondary N) is 1. The zero-order valence-electron chi connectivity index (χ0n) is 24.7. The van der Waals surface area contributed by atoms with Crippen molar-refractivity contribution in [1.82, 2.24) is 14.5 Å². The Morgan fingerprint density at radius 3 is 2.41 bits per heavy atom. The molecule has 1 amide bonds. The van der Waals surface area contributed by atoms with Gasteiger partial charge in [-0.2, -0.15) is 0 Å². The highest BCUT2D eigenvalue weighted by atomic mass is 79.9. The second-order valence-corrected chi connectivity index (χ2v) is 10.4. The Hall–Kier alpha value is -2.39. The van der Waals surface area contributed by atoms with Crippen LogP contribution in [0.1, 0.15) is 108 Å². The molecule has 7 nitrogen and oxygen atoms in total. The smallest absolute Gasteiger partial charge is 0.276 e. The maximum atomic E-state index is 13.6. The lowest BCUT2D eigenvalue weighted by molar-refractivity contribution is -0.00716. The highest BCUT2D eigenvalue weighted by Crippen LogP contribution is 2.30. The second kappa shape index (κ2) is 18.8. The number of hydrogen-bond acceptors (Lipinski definition) is 5. The first-order chi connectivity index (χ1) is 18.8. The van der Waals surface area contributed by atoms with E-state index in [0.29, 0.717) is 41.0 Å². The van der Waals surface area contributed by atoms with E-state index in [0.717, 1.165) is 49.8 Å². The van der Waals surface area contributed by atoms with Crippen LogP contribution < -0.4 is 10.3 Å². The summed E-state index contributed by atoms with van der Waals surface area (Å²) in [6.45, 7) is 14.6. The van der Waals surface area contributed by atoms with Crippen LogP contribution in [0, 0.1) is 0 Å². The number of hydrogen-bond donors (Lipinski definition) is 2. The predicted octanol–water partition coefficient (Wildman–Crippen LogP) is 8.06. The maximum Gasteiger partial charge on any atom is 0.276 e. The average molecular weight is 612 g/mol. The molecule has 1 aromatic carbocycles. The summed E-state index contributed by atoms with van der Waals surface area (Å²) in [5, 5.41) is 11.5. The molecular formula is C30H48BrFN4O3. The van der Waals surface area contributed by atoms with E-state index in [1.165, 1.54) is 19.3 Å². The first-order valence-electron chi connectivity index (χ1n) is 14.2. The highest BCUT2D eigenvalue weighted by Gasteiger charge is 2.27. The van der Waals surface area contributed by atoms with E-state index in [2.05, 4.69) is 39.7 Å². The zero-order valence-corrected chi connectivity index (χ0v) is 26.2. The molecule has 1 saturated carbocycles. The molecule has 0 aliphatic heterocycles. The van der Waals surface area contributed by atoms with Crippen molar-refractivity contribution in [3.8, 4) is 5.75 Å². The van der Waals surface area contributed by atoms with Crippen LogP contribution in [0.3, 0.4) is 0 Å². The molecule has 220 valence electrons. The van der Waals surface area contributed by atoms with Crippen molar-refractivity contribution >= 4 is 27.8 Å². The van der Waals surface area contributed by atoms with Gasteiger partial charge in [-0.25, -0.2) is 4.98 Å². The van der Waals surface area contributed by atoms with Crippen LogP contribution >= 0.6 is 15.9 Å². The predicted molar refractivity (Wildman–Crippen MR) is 162 cm³/mol. The molecule has 0 radical (unpaired) electrons. The third kappa shape index (κ3) is 10.6. The number of carbonyl (C=O) groups is 1. The number of allylic oxidation sites excluding steroid dienone is 1. The first kappa shape index (κ1) is 34.6. The minimum Gasteiger partial charge on any atom is -0.396 e. The number of benzene rings is 1. The second-order valence-electron chi connectivity index (χ2n) is 9.56.